The lowest BCUT2D eigenvalue weighted by Crippen LogP contribution is -2.39. The van der Waals surface area contributed by atoms with Gasteiger partial charge < -0.3 is 14.8 Å². The van der Waals surface area contributed by atoms with Crippen LogP contribution in [0.2, 0.25) is 0 Å². The van der Waals surface area contributed by atoms with Crippen LogP contribution in [-0.2, 0) is 4.74 Å². The molecule has 2 aromatic rings. The molecule has 1 aliphatic rings. The fourth-order valence-corrected chi connectivity index (χ4v) is 2.67. The summed E-state index contributed by atoms with van der Waals surface area (Å²) in [5.74, 6) is -0.275. The number of nitrogens with zero attached hydrogens (tertiary/aromatic N) is 1. The van der Waals surface area contributed by atoms with Crippen LogP contribution in [0.4, 0.5) is 8.78 Å². The third kappa shape index (κ3) is 3.53. The first-order valence-electron chi connectivity index (χ1n) is 7.55. The van der Waals surface area contributed by atoms with E-state index in [1.54, 1.807) is 12.1 Å². The van der Waals surface area contributed by atoms with Gasteiger partial charge in [-0.3, -0.25) is 9.89 Å². The molecule has 8 heteroatoms. The van der Waals surface area contributed by atoms with Crippen molar-refractivity contribution < 1.29 is 23.0 Å². The van der Waals surface area contributed by atoms with Gasteiger partial charge in [0.2, 0.25) is 0 Å². The highest BCUT2D eigenvalue weighted by molar-refractivity contribution is 6.00. The Morgan fingerprint density at radius 1 is 1.50 bits per heavy atom. The van der Waals surface area contributed by atoms with Gasteiger partial charge in [0.05, 0.1) is 29.6 Å². The van der Waals surface area contributed by atoms with E-state index in [2.05, 4.69) is 20.3 Å². The van der Waals surface area contributed by atoms with Gasteiger partial charge in [0.25, 0.3) is 5.91 Å². The van der Waals surface area contributed by atoms with Crippen molar-refractivity contribution in [2.45, 2.75) is 32.1 Å². The molecule has 3 rings (SSSR count). The molecule has 0 unspecified atom stereocenters. The number of hydrogen-bond acceptors (Lipinski definition) is 4. The Kier molecular flexibility index (Phi) is 4.75. The smallest absolute Gasteiger partial charge is 0.387 e. The lowest BCUT2D eigenvalue weighted by molar-refractivity contribution is -0.0498. The second-order valence-electron chi connectivity index (χ2n) is 5.51. The number of halogens is 2. The molecule has 0 bridgehead atoms. The number of ether oxygens (including phenoxy) is 2. The van der Waals surface area contributed by atoms with Crippen molar-refractivity contribution in [3.63, 3.8) is 0 Å². The SMILES string of the molecule is C[C@H]1OCC[C@H]1NC(=O)c1cn[nH]c1-c1cccc(OC(F)F)c1. The fraction of sp³-hybridized carbons (Fsp3) is 0.375. The molecule has 128 valence electrons. The maximum atomic E-state index is 12.5. The predicted molar refractivity (Wildman–Crippen MR) is 81.9 cm³/mol. The molecule has 2 heterocycles. The van der Waals surface area contributed by atoms with Crippen LogP contribution in [0, 0.1) is 0 Å². The van der Waals surface area contributed by atoms with Gasteiger partial charge in [-0.2, -0.15) is 13.9 Å². The standard InChI is InChI=1S/C16H17F2N3O3/c1-9-13(5-6-23-9)20-15(22)12-8-19-21-14(12)10-3-2-4-11(7-10)24-16(17)18/h2-4,7-9,13,16H,5-6H2,1H3,(H,19,21)(H,20,22)/t9-,13-/m1/s1. The highest BCUT2D eigenvalue weighted by Crippen LogP contribution is 2.26. The van der Waals surface area contributed by atoms with Crippen LogP contribution < -0.4 is 10.1 Å². The molecule has 0 spiro atoms. The molecule has 1 aromatic heterocycles. The third-order valence-corrected chi connectivity index (χ3v) is 3.92. The van der Waals surface area contributed by atoms with Gasteiger partial charge in [-0.25, -0.2) is 0 Å². The fourth-order valence-electron chi connectivity index (χ4n) is 2.67. The zero-order valence-electron chi connectivity index (χ0n) is 13.0. The summed E-state index contributed by atoms with van der Waals surface area (Å²) in [5.41, 5.74) is 1.31. The topological polar surface area (TPSA) is 76.2 Å². The molecular formula is C16H17F2N3O3. The van der Waals surface area contributed by atoms with Crippen molar-refractivity contribution in [1.29, 1.82) is 0 Å². The highest BCUT2D eigenvalue weighted by Gasteiger charge is 2.27. The molecule has 0 radical (unpaired) electrons. The minimum absolute atomic E-state index is 0.0151. The lowest BCUT2D eigenvalue weighted by Gasteiger charge is -2.16. The van der Waals surface area contributed by atoms with Crippen LogP contribution >= 0.6 is 0 Å². The molecule has 1 fully saturated rings. The maximum absolute atomic E-state index is 12.5. The molecular weight excluding hydrogens is 320 g/mol. The number of amides is 1. The number of carbonyl (C=O) groups is 1. The summed E-state index contributed by atoms with van der Waals surface area (Å²) >= 11 is 0. The van der Waals surface area contributed by atoms with E-state index in [1.807, 2.05) is 6.92 Å². The van der Waals surface area contributed by atoms with Gasteiger partial charge in [0.1, 0.15) is 5.75 Å². The van der Waals surface area contributed by atoms with E-state index in [9.17, 15) is 13.6 Å². The monoisotopic (exact) mass is 337 g/mol. The summed E-state index contributed by atoms with van der Waals surface area (Å²) < 4.78 is 34.5. The Morgan fingerprint density at radius 3 is 3.04 bits per heavy atom. The average molecular weight is 337 g/mol. The van der Waals surface area contributed by atoms with Crippen LogP contribution in [0.3, 0.4) is 0 Å². The molecule has 1 aliphatic heterocycles. The lowest BCUT2D eigenvalue weighted by atomic mass is 10.1. The summed E-state index contributed by atoms with van der Waals surface area (Å²) in [4.78, 5) is 12.5. The second kappa shape index (κ2) is 6.96. The number of rotatable bonds is 5. The summed E-state index contributed by atoms with van der Waals surface area (Å²) in [5, 5.41) is 9.55. The van der Waals surface area contributed by atoms with E-state index in [-0.39, 0.29) is 23.8 Å². The van der Waals surface area contributed by atoms with Gasteiger partial charge >= 0.3 is 6.61 Å². The van der Waals surface area contributed by atoms with Crippen LogP contribution in [0.15, 0.2) is 30.5 Å². The van der Waals surface area contributed by atoms with E-state index in [4.69, 9.17) is 4.74 Å². The van der Waals surface area contributed by atoms with Crippen molar-refractivity contribution in [3.8, 4) is 17.0 Å². The summed E-state index contributed by atoms with van der Waals surface area (Å²) in [7, 11) is 0. The van der Waals surface area contributed by atoms with Crippen molar-refractivity contribution in [1.82, 2.24) is 15.5 Å². The number of aromatic nitrogens is 2. The Labute approximate surface area is 137 Å². The second-order valence-corrected chi connectivity index (χ2v) is 5.51. The number of H-pyrrole nitrogens is 1. The van der Waals surface area contributed by atoms with Gasteiger partial charge in [-0.05, 0) is 25.5 Å². The van der Waals surface area contributed by atoms with Crippen molar-refractivity contribution >= 4 is 5.91 Å². The Morgan fingerprint density at radius 2 is 2.33 bits per heavy atom. The molecule has 2 atom stereocenters. The van der Waals surface area contributed by atoms with E-state index in [0.717, 1.165) is 6.42 Å². The first-order chi connectivity index (χ1) is 11.5. The molecule has 1 saturated heterocycles. The zero-order valence-corrected chi connectivity index (χ0v) is 13.0. The van der Waals surface area contributed by atoms with E-state index in [0.29, 0.717) is 23.4 Å². The average Bonchev–Trinajstić information content (AvgIpc) is 3.16. The Bertz CT molecular complexity index is 720. The number of aromatic amines is 1. The largest absolute Gasteiger partial charge is 0.435 e. The van der Waals surface area contributed by atoms with Gasteiger partial charge in [-0.15, -0.1) is 0 Å². The molecule has 1 amide bonds. The summed E-state index contributed by atoms with van der Waals surface area (Å²) in [6.07, 6.45) is 2.11. The third-order valence-electron chi connectivity index (χ3n) is 3.92. The molecule has 0 saturated carbocycles. The molecule has 6 nitrogen and oxygen atoms in total. The number of alkyl halides is 2. The van der Waals surface area contributed by atoms with Crippen LogP contribution in [0.25, 0.3) is 11.3 Å². The van der Waals surface area contributed by atoms with Gasteiger partial charge in [0, 0.05) is 12.2 Å². The highest BCUT2D eigenvalue weighted by atomic mass is 19.3. The summed E-state index contributed by atoms with van der Waals surface area (Å²) in [6.45, 7) is -0.398. The summed E-state index contributed by atoms with van der Waals surface area (Å²) in [6, 6.07) is 6.04. The van der Waals surface area contributed by atoms with Crippen LogP contribution in [0.5, 0.6) is 5.75 Å². The molecule has 24 heavy (non-hydrogen) atoms. The van der Waals surface area contributed by atoms with Crippen molar-refractivity contribution in [2.24, 2.45) is 0 Å². The maximum Gasteiger partial charge on any atom is 0.387 e. The number of carbonyl (C=O) groups excluding carboxylic acids is 1. The first-order valence-corrected chi connectivity index (χ1v) is 7.55. The van der Waals surface area contributed by atoms with Crippen molar-refractivity contribution in [3.05, 3.63) is 36.0 Å². The van der Waals surface area contributed by atoms with Crippen molar-refractivity contribution in [2.75, 3.05) is 6.61 Å². The zero-order chi connectivity index (χ0) is 17.1. The van der Waals surface area contributed by atoms with Crippen LogP contribution in [-0.4, -0.2) is 41.5 Å². The number of nitrogens with one attached hydrogen (secondary N) is 2. The number of benzene rings is 1. The number of hydrogen-bond donors (Lipinski definition) is 2. The van der Waals surface area contributed by atoms with E-state index < -0.39 is 6.61 Å². The van der Waals surface area contributed by atoms with Crippen LogP contribution in [0.1, 0.15) is 23.7 Å². The minimum Gasteiger partial charge on any atom is -0.435 e. The van der Waals surface area contributed by atoms with Gasteiger partial charge in [-0.1, -0.05) is 12.1 Å². The normalized spacial score (nSPS) is 20.3. The first kappa shape index (κ1) is 16.4. The predicted octanol–water partition coefficient (Wildman–Crippen LogP) is 2.59. The molecule has 1 aromatic carbocycles. The quantitative estimate of drug-likeness (QED) is 0.879. The van der Waals surface area contributed by atoms with E-state index >= 15 is 0 Å². The Hall–Kier alpha value is -2.48. The molecule has 0 aliphatic carbocycles. The Balaban J connectivity index is 1.81. The minimum atomic E-state index is -2.91. The van der Waals surface area contributed by atoms with Gasteiger partial charge in [0.15, 0.2) is 0 Å². The van der Waals surface area contributed by atoms with E-state index in [1.165, 1.54) is 18.3 Å². The molecule has 2 N–H and O–H groups in total.